The van der Waals surface area contributed by atoms with Crippen molar-refractivity contribution >= 4 is 10.0 Å². The molecule has 2 N–H and O–H groups in total. The van der Waals surface area contributed by atoms with Crippen LogP contribution in [0.5, 0.6) is 0 Å². The van der Waals surface area contributed by atoms with Crippen molar-refractivity contribution in [2.75, 3.05) is 13.2 Å². The van der Waals surface area contributed by atoms with Crippen molar-refractivity contribution < 1.29 is 13.5 Å². The predicted octanol–water partition coefficient (Wildman–Crippen LogP) is 1.91. The molecule has 2 rings (SSSR count). The van der Waals surface area contributed by atoms with Crippen LogP contribution in [0.4, 0.5) is 0 Å². The summed E-state index contributed by atoms with van der Waals surface area (Å²) in [5.41, 5.74) is 0.997. The average molecular weight is 337 g/mol. The van der Waals surface area contributed by atoms with E-state index >= 15 is 0 Å². The Morgan fingerprint density at radius 1 is 1.26 bits per heavy atom. The van der Waals surface area contributed by atoms with Gasteiger partial charge in [0.2, 0.25) is 0 Å². The number of hydrogen-bond acceptors (Lipinski definition) is 4. The molecule has 0 amide bonds. The lowest BCUT2D eigenvalue weighted by molar-refractivity contribution is 0.275. The highest BCUT2D eigenvalue weighted by molar-refractivity contribution is 7.89. The van der Waals surface area contributed by atoms with Crippen molar-refractivity contribution in [1.29, 1.82) is 0 Å². The smallest absolute Gasteiger partial charge is 0.259 e. The van der Waals surface area contributed by atoms with E-state index in [0.29, 0.717) is 6.42 Å². The van der Waals surface area contributed by atoms with Crippen LogP contribution in [-0.4, -0.2) is 36.2 Å². The quantitative estimate of drug-likeness (QED) is 0.771. The van der Waals surface area contributed by atoms with E-state index in [9.17, 15) is 13.5 Å². The molecule has 23 heavy (non-hydrogen) atoms. The average Bonchev–Trinajstić information content (AvgIpc) is 3.03. The Morgan fingerprint density at radius 2 is 1.96 bits per heavy atom. The molecule has 1 aromatic carbocycles. The van der Waals surface area contributed by atoms with E-state index in [1.54, 1.807) is 4.57 Å². The largest absolute Gasteiger partial charge is 0.396 e. The Labute approximate surface area is 137 Å². The van der Waals surface area contributed by atoms with Gasteiger partial charge in [-0.15, -0.1) is 0 Å². The van der Waals surface area contributed by atoms with Gasteiger partial charge in [0.25, 0.3) is 10.0 Å². The first-order valence-electron chi connectivity index (χ1n) is 7.63. The number of aromatic nitrogens is 2. The number of nitrogens with zero attached hydrogens (tertiary/aromatic N) is 2. The predicted molar refractivity (Wildman–Crippen MR) is 88.7 cm³/mol. The molecule has 1 atom stereocenters. The third-order valence-corrected chi connectivity index (χ3v) is 5.03. The Kier molecular flexibility index (Phi) is 5.92. The Bertz CT molecular complexity index is 711. The zero-order valence-electron chi connectivity index (χ0n) is 13.4. The summed E-state index contributed by atoms with van der Waals surface area (Å²) in [6.07, 6.45) is 3.53. The molecule has 1 unspecified atom stereocenters. The normalized spacial score (nSPS) is 13.4. The van der Waals surface area contributed by atoms with Gasteiger partial charge in [-0.2, -0.15) is 0 Å². The molecule has 0 saturated carbocycles. The number of imidazole rings is 1. The highest BCUT2D eigenvalue weighted by Gasteiger charge is 2.20. The maximum Gasteiger partial charge on any atom is 0.259 e. The van der Waals surface area contributed by atoms with Gasteiger partial charge in [0.15, 0.2) is 5.03 Å². The molecule has 0 aliphatic rings. The van der Waals surface area contributed by atoms with Gasteiger partial charge < -0.3 is 9.67 Å². The maximum absolute atomic E-state index is 12.4. The van der Waals surface area contributed by atoms with E-state index < -0.39 is 10.0 Å². The molecule has 0 spiro atoms. The maximum atomic E-state index is 12.4. The van der Waals surface area contributed by atoms with Crippen molar-refractivity contribution in [2.24, 2.45) is 0 Å². The molecule has 2 aromatic rings. The fraction of sp³-hybridized carbons (Fsp3) is 0.438. The second-order valence-electron chi connectivity index (χ2n) is 5.72. The summed E-state index contributed by atoms with van der Waals surface area (Å²) < 4.78 is 29.1. The second kappa shape index (κ2) is 7.72. The zero-order chi connectivity index (χ0) is 16.9. The molecule has 7 heteroatoms. The Hall–Kier alpha value is -1.70. The molecule has 126 valence electrons. The molecule has 1 aromatic heterocycles. The Morgan fingerprint density at radius 3 is 2.52 bits per heavy atom. The van der Waals surface area contributed by atoms with E-state index in [1.807, 2.05) is 44.2 Å². The van der Waals surface area contributed by atoms with Crippen LogP contribution in [0.15, 0.2) is 47.9 Å². The molecule has 0 aliphatic carbocycles. The van der Waals surface area contributed by atoms with Gasteiger partial charge in [0.1, 0.15) is 0 Å². The Balaban J connectivity index is 2.09. The molecule has 1 heterocycles. The lowest BCUT2D eigenvalue weighted by Gasteiger charge is -2.16. The van der Waals surface area contributed by atoms with E-state index in [1.165, 1.54) is 12.5 Å². The standard InChI is InChI=1S/C16H23N3O3S/c1-13(2)19-11-16(17-12-19)23(21,22)18-10-15(8-9-20)14-6-4-3-5-7-14/h3-7,11-13,15,18,20H,8-10H2,1-2H3. The number of nitrogens with one attached hydrogen (secondary N) is 1. The summed E-state index contributed by atoms with van der Waals surface area (Å²) >= 11 is 0. The third-order valence-electron chi connectivity index (χ3n) is 3.72. The van der Waals surface area contributed by atoms with Crippen LogP contribution in [-0.2, 0) is 10.0 Å². The van der Waals surface area contributed by atoms with Gasteiger partial charge in [0.05, 0.1) is 6.33 Å². The van der Waals surface area contributed by atoms with Crippen LogP contribution in [0.2, 0.25) is 0 Å². The highest BCUT2D eigenvalue weighted by atomic mass is 32.2. The van der Waals surface area contributed by atoms with E-state index in [4.69, 9.17) is 0 Å². The first-order chi connectivity index (χ1) is 10.9. The highest BCUT2D eigenvalue weighted by Crippen LogP contribution is 2.19. The molecular weight excluding hydrogens is 314 g/mol. The number of aliphatic hydroxyl groups excluding tert-OH is 1. The third kappa shape index (κ3) is 4.63. The van der Waals surface area contributed by atoms with Gasteiger partial charge in [0, 0.05) is 25.4 Å². The van der Waals surface area contributed by atoms with Crippen molar-refractivity contribution in [1.82, 2.24) is 14.3 Å². The number of rotatable bonds is 8. The van der Waals surface area contributed by atoms with Gasteiger partial charge in [-0.05, 0) is 31.7 Å². The molecule has 0 bridgehead atoms. The fourth-order valence-corrected chi connectivity index (χ4v) is 3.31. The molecule has 0 saturated heterocycles. The minimum absolute atomic E-state index is 0.00324. The minimum Gasteiger partial charge on any atom is -0.396 e. The first kappa shape index (κ1) is 17.7. The summed E-state index contributed by atoms with van der Waals surface area (Å²) in [6.45, 7) is 4.14. The summed E-state index contributed by atoms with van der Waals surface area (Å²) in [6, 6.07) is 9.72. The number of aliphatic hydroxyl groups is 1. The number of sulfonamides is 1. The van der Waals surface area contributed by atoms with E-state index in [2.05, 4.69) is 9.71 Å². The lowest BCUT2D eigenvalue weighted by atomic mass is 9.96. The summed E-state index contributed by atoms with van der Waals surface area (Å²) in [5.74, 6) is -0.0804. The minimum atomic E-state index is -3.66. The van der Waals surface area contributed by atoms with Crippen LogP contribution >= 0.6 is 0 Å². The van der Waals surface area contributed by atoms with Gasteiger partial charge in [-0.25, -0.2) is 18.1 Å². The van der Waals surface area contributed by atoms with Crippen LogP contribution in [0.1, 0.15) is 37.8 Å². The molecule has 0 aliphatic heterocycles. The van der Waals surface area contributed by atoms with Crippen molar-refractivity contribution in [3.8, 4) is 0 Å². The van der Waals surface area contributed by atoms with Gasteiger partial charge >= 0.3 is 0 Å². The SMILES string of the molecule is CC(C)n1cnc(S(=O)(=O)NCC(CCO)c2ccccc2)c1. The topological polar surface area (TPSA) is 84.2 Å². The molecular formula is C16H23N3O3S. The molecule has 6 nitrogen and oxygen atoms in total. The first-order valence-corrected chi connectivity index (χ1v) is 9.11. The number of hydrogen-bond donors (Lipinski definition) is 2. The van der Waals surface area contributed by atoms with Crippen LogP contribution in [0, 0.1) is 0 Å². The van der Waals surface area contributed by atoms with Crippen molar-refractivity contribution in [2.45, 2.75) is 37.3 Å². The van der Waals surface area contributed by atoms with E-state index in [-0.39, 0.29) is 30.1 Å². The summed E-state index contributed by atoms with van der Waals surface area (Å²) in [4.78, 5) is 3.97. The van der Waals surface area contributed by atoms with Crippen molar-refractivity contribution in [3.05, 3.63) is 48.4 Å². The molecule has 0 fully saturated rings. The fourth-order valence-electron chi connectivity index (χ4n) is 2.29. The van der Waals surface area contributed by atoms with Gasteiger partial charge in [-0.3, -0.25) is 0 Å². The molecule has 0 radical (unpaired) electrons. The number of benzene rings is 1. The van der Waals surface area contributed by atoms with Crippen LogP contribution in [0.25, 0.3) is 0 Å². The van der Waals surface area contributed by atoms with E-state index in [0.717, 1.165) is 5.56 Å². The monoisotopic (exact) mass is 337 g/mol. The summed E-state index contributed by atoms with van der Waals surface area (Å²) in [7, 11) is -3.66. The second-order valence-corrected chi connectivity index (χ2v) is 7.44. The zero-order valence-corrected chi connectivity index (χ0v) is 14.2. The van der Waals surface area contributed by atoms with Crippen LogP contribution in [0.3, 0.4) is 0 Å². The lowest BCUT2D eigenvalue weighted by Crippen LogP contribution is -2.29. The van der Waals surface area contributed by atoms with Gasteiger partial charge in [-0.1, -0.05) is 30.3 Å². The summed E-state index contributed by atoms with van der Waals surface area (Å²) in [5, 5.41) is 9.23. The van der Waals surface area contributed by atoms with Crippen molar-refractivity contribution in [3.63, 3.8) is 0 Å². The van der Waals surface area contributed by atoms with Crippen LogP contribution < -0.4 is 4.72 Å².